The molecule has 3 nitrogen and oxygen atoms in total. The fourth-order valence-corrected chi connectivity index (χ4v) is 2.58. The van der Waals surface area contributed by atoms with Crippen molar-refractivity contribution in [2.75, 3.05) is 14.1 Å². The number of thiophene rings is 1. The van der Waals surface area contributed by atoms with E-state index in [2.05, 4.69) is 38.0 Å². The van der Waals surface area contributed by atoms with E-state index >= 15 is 0 Å². The van der Waals surface area contributed by atoms with Crippen LogP contribution in [0.4, 0.5) is 0 Å². The van der Waals surface area contributed by atoms with Crippen molar-refractivity contribution in [3.8, 4) is 6.07 Å². The van der Waals surface area contributed by atoms with E-state index in [9.17, 15) is 0 Å². The maximum atomic E-state index is 9.16. The lowest BCUT2D eigenvalue weighted by atomic mass is 9.93. The molecule has 0 aliphatic rings. The summed E-state index contributed by atoms with van der Waals surface area (Å²) in [6.07, 6.45) is 3.65. The Kier molecular flexibility index (Phi) is 4.92. The average molecular weight is 263 g/mol. The quantitative estimate of drug-likeness (QED) is 0.617. The number of hydrogen-bond donors (Lipinski definition) is 0. The molecule has 1 rings (SSSR count). The first-order valence-electron chi connectivity index (χ1n) is 6.07. The standard InChI is InChI=1S/C14H21N3S/c1-14(2,3)13-9-11(12(10-15)18-13)7-6-8-16-17(4)5/h8-9H,6-7H2,1-5H3. The number of nitrogens with zero attached hydrogens (tertiary/aromatic N) is 3. The first-order valence-corrected chi connectivity index (χ1v) is 6.89. The third kappa shape index (κ3) is 4.15. The van der Waals surface area contributed by atoms with Gasteiger partial charge in [-0.05, 0) is 29.9 Å². The van der Waals surface area contributed by atoms with Crippen molar-refractivity contribution in [3.05, 3.63) is 21.4 Å². The highest BCUT2D eigenvalue weighted by atomic mass is 32.1. The predicted octanol–water partition coefficient (Wildman–Crippen LogP) is 3.40. The molecule has 0 saturated carbocycles. The Bertz CT molecular complexity index is 458. The number of hydrogen-bond acceptors (Lipinski definition) is 4. The minimum absolute atomic E-state index is 0.117. The highest BCUT2D eigenvalue weighted by Crippen LogP contribution is 2.32. The molecule has 0 atom stereocenters. The summed E-state index contributed by atoms with van der Waals surface area (Å²) < 4.78 is 0. The van der Waals surface area contributed by atoms with Crippen molar-refractivity contribution in [2.45, 2.75) is 39.0 Å². The van der Waals surface area contributed by atoms with E-state index in [0.717, 1.165) is 23.3 Å². The van der Waals surface area contributed by atoms with E-state index in [4.69, 9.17) is 5.26 Å². The molecule has 0 saturated heterocycles. The van der Waals surface area contributed by atoms with Gasteiger partial charge in [0.15, 0.2) is 0 Å². The smallest absolute Gasteiger partial charge is 0.110 e. The Morgan fingerprint density at radius 3 is 2.61 bits per heavy atom. The van der Waals surface area contributed by atoms with Crippen molar-refractivity contribution >= 4 is 17.6 Å². The molecule has 0 fully saturated rings. The van der Waals surface area contributed by atoms with Gasteiger partial charge in [0.05, 0.1) is 0 Å². The summed E-state index contributed by atoms with van der Waals surface area (Å²) in [6.45, 7) is 6.53. The predicted molar refractivity (Wildman–Crippen MR) is 78.2 cm³/mol. The second kappa shape index (κ2) is 6.01. The summed E-state index contributed by atoms with van der Waals surface area (Å²) >= 11 is 1.61. The second-order valence-electron chi connectivity index (χ2n) is 5.51. The number of aryl methyl sites for hydroxylation is 1. The van der Waals surface area contributed by atoms with Gasteiger partial charge in [-0.1, -0.05) is 20.8 Å². The van der Waals surface area contributed by atoms with Crippen LogP contribution in [0.1, 0.15) is 42.5 Å². The largest absolute Gasteiger partial charge is 0.303 e. The van der Waals surface area contributed by atoms with Crippen molar-refractivity contribution < 1.29 is 0 Å². The molecule has 98 valence electrons. The van der Waals surface area contributed by atoms with Gasteiger partial charge in [0.2, 0.25) is 0 Å². The van der Waals surface area contributed by atoms with Crippen molar-refractivity contribution in [3.63, 3.8) is 0 Å². The van der Waals surface area contributed by atoms with Crippen LogP contribution < -0.4 is 0 Å². The zero-order valence-corrected chi connectivity index (χ0v) is 12.6. The van der Waals surface area contributed by atoms with Crippen LogP contribution in [0.25, 0.3) is 0 Å². The minimum atomic E-state index is 0.117. The van der Waals surface area contributed by atoms with E-state index < -0.39 is 0 Å². The number of nitriles is 1. The van der Waals surface area contributed by atoms with Crippen molar-refractivity contribution in [1.29, 1.82) is 5.26 Å². The Balaban J connectivity index is 2.77. The molecular formula is C14H21N3S. The van der Waals surface area contributed by atoms with Crippen LogP contribution in [0.2, 0.25) is 0 Å². The van der Waals surface area contributed by atoms with Crippen LogP contribution in [0, 0.1) is 11.3 Å². The lowest BCUT2D eigenvalue weighted by Crippen LogP contribution is -2.08. The highest BCUT2D eigenvalue weighted by molar-refractivity contribution is 7.12. The van der Waals surface area contributed by atoms with Gasteiger partial charge in [-0.2, -0.15) is 10.4 Å². The molecule has 1 heterocycles. The third-order valence-electron chi connectivity index (χ3n) is 2.51. The molecule has 0 unspecified atom stereocenters. The first kappa shape index (κ1) is 14.7. The summed E-state index contributed by atoms with van der Waals surface area (Å²) in [5.41, 5.74) is 1.27. The second-order valence-corrected chi connectivity index (χ2v) is 6.56. The molecule has 18 heavy (non-hydrogen) atoms. The molecule has 0 bridgehead atoms. The molecule has 4 heteroatoms. The van der Waals surface area contributed by atoms with Crippen LogP contribution in [-0.4, -0.2) is 25.3 Å². The van der Waals surface area contributed by atoms with Crippen LogP contribution in [-0.2, 0) is 11.8 Å². The zero-order valence-electron chi connectivity index (χ0n) is 11.8. The Morgan fingerprint density at radius 1 is 1.44 bits per heavy atom. The van der Waals surface area contributed by atoms with Crippen molar-refractivity contribution in [2.24, 2.45) is 5.10 Å². The zero-order chi connectivity index (χ0) is 13.8. The molecule has 0 aliphatic carbocycles. The lowest BCUT2D eigenvalue weighted by Gasteiger charge is -2.15. The summed E-state index contributed by atoms with van der Waals surface area (Å²) in [6, 6.07) is 4.47. The molecule has 0 amide bonds. The van der Waals surface area contributed by atoms with Gasteiger partial charge >= 0.3 is 0 Å². The normalized spacial score (nSPS) is 11.8. The molecule has 1 aromatic rings. The summed E-state index contributed by atoms with van der Waals surface area (Å²) in [5.74, 6) is 0. The van der Waals surface area contributed by atoms with Crippen LogP contribution in [0.15, 0.2) is 11.2 Å². The molecule has 0 radical (unpaired) electrons. The van der Waals surface area contributed by atoms with Gasteiger partial charge in [0.1, 0.15) is 10.9 Å². The monoisotopic (exact) mass is 263 g/mol. The molecule has 0 spiro atoms. The van der Waals surface area contributed by atoms with E-state index in [1.54, 1.807) is 16.3 Å². The molecule has 0 N–H and O–H groups in total. The third-order valence-corrected chi connectivity index (χ3v) is 4.01. The van der Waals surface area contributed by atoms with Gasteiger partial charge in [0.25, 0.3) is 0 Å². The van der Waals surface area contributed by atoms with Gasteiger partial charge in [0, 0.05) is 25.2 Å². The SMILES string of the molecule is CN(C)N=CCCc1cc(C(C)(C)C)sc1C#N. The average Bonchev–Trinajstić information content (AvgIpc) is 2.67. The van der Waals surface area contributed by atoms with E-state index in [1.165, 1.54) is 4.88 Å². The van der Waals surface area contributed by atoms with Gasteiger partial charge in [-0.15, -0.1) is 11.3 Å². The van der Waals surface area contributed by atoms with Crippen LogP contribution >= 0.6 is 11.3 Å². The number of rotatable bonds is 4. The van der Waals surface area contributed by atoms with Crippen molar-refractivity contribution in [1.82, 2.24) is 5.01 Å². The summed E-state index contributed by atoms with van der Waals surface area (Å²) in [7, 11) is 3.80. The van der Waals surface area contributed by atoms with E-state index in [1.807, 2.05) is 20.3 Å². The van der Waals surface area contributed by atoms with E-state index in [0.29, 0.717) is 0 Å². The molecule has 0 aliphatic heterocycles. The fourth-order valence-electron chi connectivity index (χ4n) is 1.52. The molecule has 0 aromatic carbocycles. The lowest BCUT2D eigenvalue weighted by molar-refractivity contribution is 0.439. The van der Waals surface area contributed by atoms with Crippen LogP contribution in [0.5, 0.6) is 0 Å². The number of hydrazone groups is 1. The van der Waals surface area contributed by atoms with Gasteiger partial charge in [-0.3, -0.25) is 0 Å². The van der Waals surface area contributed by atoms with Gasteiger partial charge < -0.3 is 5.01 Å². The maximum absolute atomic E-state index is 9.16. The Hall–Kier alpha value is -1.34. The topological polar surface area (TPSA) is 39.4 Å². The van der Waals surface area contributed by atoms with Crippen LogP contribution in [0.3, 0.4) is 0 Å². The highest BCUT2D eigenvalue weighted by Gasteiger charge is 2.19. The maximum Gasteiger partial charge on any atom is 0.110 e. The minimum Gasteiger partial charge on any atom is -0.303 e. The first-order chi connectivity index (χ1) is 8.34. The summed E-state index contributed by atoms with van der Waals surface area (Å²) in [5, 5.41) is 15.1. The molecular weight excluding hydrogens is 242 g/mol. The Morgan fingerprint density at radius 2 is 2.11 bits per heavy atom. The summed E-state index contributed by atoms with van der Waals surface area (Å²) in [4.78, 5) is 2.12. The molecule has 1 aromatic heterocycles. The van der Waals surface area contributed by atoms with E-state index in [-0.39, 0.29) is 5.41 Å². The Labute approximate surface area is 114 Å². The van der Waals surface area contributed by atoms with Gasteiger partial charge in [-0.25, -0.2) is 0 Å². The fraction of sp³-hybridized carbons (Fsp3) is 0.571.